The lowest BCUT2D eigenvalue weighted by molar-refractivity contribution is -0.117. The van der Waals surface area contributed by atoms with Gasteiger partial charge < -0.3 is 16.0 Å². The fourth-order valence-electron chi connectivity index (χ4n) is 1.44. The van der Waals surface area contributed by atoms with Crippen LogP contribution in [0.5, 0.6) is 0 Å². The van der Waals surface area contributed by atoms with Crippen molar-refractivity contribution in [2.75, 3.05) is 24.3 Å². The smallest absolute Gasteiger partial charge is 0.242 e. The summed E-state index contributed by atoms with van der Waals surface area (Å²) in [4.78, 5) is 13.7. The Morgan fingerprint density at radius 3 is 2.83 bits per heavy atom. The molecule has 18 heavy (non-hydrogen) atoms. The van der Waals surface area contributed by atoms with Crippen molar-refractivity contribution in [1.82, 2.24) is 0 Å². The minimum atomic E-state index is -0.691. The number of halogens is 1. The highest BCUT2D eigenvalue weighted by Gasteiger charge is 2.14. The summed E-state index contributed by atoms with van der Waals surface area (Å²) < 4.78 is 0.883. The van der Waals surface area contributed by atoms with Gasteiger partial charge in [-0.05, 0) is 18.2 Å². The third kappa shape index (κ3) is 3.76. The van der Waals surface area contributed by atoms with Gasteiger partial charge in [0.15, 0.2) is 0 Å². The van der Waals surface area contributed by atoms with Crippen molar-refractivity contribution >= 4 is 33.2 Å². The van der Waals surface area contributed by atoms with E-state index in [2.05, 4.69) is 27.2 Å². The van der Waals surface area contributed by atoms with E-state index in [0.717, 1.165) is 10.2 Å². The maximum Gasteiger partial charge on any atom is 0.242 e. The number of nitrogens with one attached hydrogen (secondary N) is 1. The number of nitrogens with zero attached hydrogens (tertiary/aromatic N) is 1. The highest BCUT2D eigenvalue weighted by molar-refractivity contribution is 9.10. The predicted octanol–water partition coefficient (Wildman–Crippen LogP) is 1.80. The number of terminal acetylenes is 1. The summed E-state index contributed by atoms with van der Waals surface area (Å²) in [5, 5.41) is 2.79. The molecule has 3 N–H and O–H groups in total. The molecule has 1 rings (SSSR count). The van der Waals surface area contributed by atoms with Crippen LogP contribution in [0.1, 0.15) is 6.42 Å². The van der Waals surface area contributed by atoms with Crippen LogP contribution in [-0.4, -0.2) is 26.0 Å². The lowest BCUT2D eigenvalue weighted by Crippen LogP contribution is -2.35. The third-order valence-corrected chi connectivity index (χ3v) is 2.87. The van der Waals surface area contributed by atoms with Gasteiger partial charge in [0.05, 0.1) is 17.4 Å². The molecular formula is C13H16BrN3O. The largest absolute Gasteiger partial charge is 0.376 e. The number of carbonyl (C=O) groups excluding carboxylic acids is 1. The summed E-state index contributed by atoms with van der Waals surface area (Å²) in [6.07, 6.45) is 5.36. The molecule has 1 atom stereocenters. The van der Waals surface area contributed by atoms with Gasteiger partial charge in [-0.2, -0.15) is 0 Å². The molecule has 0 saturated carbocycles. The summed E-state index contributed by atoms with van der Waals surface area (Å²) >= 11 is 3.37. The maximum atomic E-state index is 11.8. The van der Waals surface area contributed by atoms with E-state index in [9.17, 15) is 4.79 Å². The second-order valence-corrected chi connectivity index (χ2v) is 4.98. The van der Waals surface area contributed by atoms with Gasteiger partial charge in [0.1, 0.15) is 0 Å². The molecule has 0 spiro atoms. The first-order valence-electron chi connectivity index (χ1n) is 5.42. The maximum absolute atomic E-state index is 11.8. The lowest BCUT2D eigenvalue weighted by Gasteiger charge is -2.19. The molecule has 5 heteroatoms. The van der Waals surface area contributed by atoms with E-state index in [1.165, 1.54) is 0 Å². The molecule has 0 aliphatic carbocycles. The van der Waals surface area contributed by atoms with E-state index in [-0.39, 0.29) is 12.3 Å². The first kappa shape index (κ1) is 14.6. The Hall–Kier alpha value is -1.51. The van der Waals surface area contributed by atoms with Crippen LogP contribution in [0, 0.1) is 12.3 Å². The number of hydrogen-bond acceptors (Lipinski definition) is 3. The van der Waals surface area contributed by atoms with Crippen LogP contribution in [0.25, 0.3) is 0 Å². The van der Waals surface area contributed by atoms with E-state index in [4.69, 9.17) is 12.2 Å². The summed E-state index contributed by atoms with van der Waals surface area (Å²) in [5.41, 5.74) is 7.26. The summed E-state index contributed by atoms with van der Waals surface area (Å²) in [7, 11) is 3.81. The lowest BCUT2D eigenvalue weighted by atomic mass is 10.2. The minimum absolute atomic E-state index is 0.219. The second kappa shape index (κ2) is 6.43. The number of hydrogen-bond donors (Lipinski definition) is 2. The Morgan fingerprint density at radius 2 is 2.28 bits per heavy atom. The molecule has 1 aromatic carbocycles. The number of anilines is 2. The van der Waals surface area contributed by atoms with Gasteiger partial charge in [-0.15, -0.1) is 12.3 Å². The molecule has 0 aliphatic heterocycles. The standard InChI is InChI=1S/C13H16BrN3O/c1-4-5-10(15)13(18)16-11-8-9(14)6-7-12(11)17(2)3/h1,6-8,10H,5,15H2,2-3H3,(H,16,18). The van der Waals surface area contributed by atoms with Gasteiger partial charge in [0, 0.05) is 25.0 Å². The molecule has 96 valence electrons. The number of carbonyl (C=O) groups is 1. The highest BCUT2D eigenvalue weighted by Crippen LogP contribution is 2.28. The van der Waals surface area contributed by atoms with Crippen molar-refractivity contribution in [2.45, 2.75) is 12.5 Å². The zero-order valence-electron chi connectivity index (χ0n) is 10.4. The molecule has 1 aromatic rings. The summed E-state index contributed by atoms with van der Waals surface area (Å²) in [6, 6.07) is 4.96. The van der Waals surface area contributed by atoms with Gasteiger partial charge >= 0.3 is 0 Å². The average Bonchev–Trinajstić information content (AvgIpc) is 2.28. The van der Waals surface area contributed by atoms with Crippen LogP contribution in [0.4, 0.5) is 11.4 Å². The van der Waals surface area contributed by atoms with Crippen molar-refractivity contribution in [2.24, 2.45) is 5.73 Å². The Morgan fingerprint density at radius 1 is 1.61 bits per heavy atom. The number of benzene rings is 1. The van der Waals surface area contributed by atoms with Crippen LogP contribution in [0.2, 0.25) is 0 Å². The average molecular weight is 310 g/mol. The normalized spacial score (nSPS) is 11.5. The van der Waals surface area contributed by atoms with Gasteiger partial charge in [-0.25, -0.2) is 0 Å². The van der Waals surface area contributed by atoms with E-state index in [1.54, 1.807) is 0 Å². The SMILES string of the molecule is C#CCC(N)C(=O)Nc1cc(Br)ccc1N(C)C. The van der Waals surface area contributed by atoms with Crippen LogP contribution < -0.4 is 16.0 Å². The molecule has 0 aromatic heterocycles. The molecule has 0 heterocycles. The molecule has 0 saturated heterocycles. The van der Waals surface area contributed by atoms with Gasteiger partial charge in [-0.3, -0.25) is 4.79 Å². The molecule has 1 unspecified atom stereocenters. The molecular weight excluding hydrogens is 294 g/mol. The van der Waals surface area contributed by atoms with Crippen molar-refractivity contribution in [3.63, 3.8) is 0 Å². The van der Waals surface area contributed by atoms with Crippen LogP contribution in [0.15, 0.2) is 22.7 Å². The topological polar surface area (TPSA) is 58.4 Å². The molecule has 0 fully saturated rings. The van der Waals surface area contributed by atoms with E-state index < -0.39 is 6.04 Å². The van der Waals surface area contributed by atoms with Crippen LogP contribution in [0.3, 0.4) is 0 Å². The quantitative estimate of drug-likeness (QED) is 0.834. The van der Waals surface area contributed by atoms with Crippen molar-refractivity contribution in [1.29, 1.82) is 0 Å². The highest BCUT2D eigenvalue weighted by atomic mass is 79.9. The van der Waals surface area contributed by atoms with Crippen molar-refractivity contribution in [3.8, 4) is 12.3 Å². The Balaban J connectivity index is 2.93. The Kier molecular flexibility index (Phi) is 5.20. The second-order valence-electron chi connectivity index (χ2n) is 4.06. The summed E-state index contributed by atoms with van der Waals surface area (Å²) in [5.74, 6) is 2.09. The molecule has 4 nitrogen and oxygen atoms in total. The number of amides is 1. The molecule has 0 bridgehead atoms. The predicted molar refractivity (Wildman–Crippen MR) is 78.5 cm³/mol. The van der Waals surface area contributed by atoms with E-state index in [1.807, 2.05) is 37.2 Å². The zero-order valence-corrected chi connectivity index (χ0v) is 12.0. The van der Waals surface area contributed by atoms with Gasteiger partial charge in [-0.1, -0.05) is 15.9 Å². The van der Waals surface area contributed by atoms with E-state index >= 15 is 0 Å². The van der Waals surface area contributed by atoms with Crippen LogP contribution in [-0.2, 0) is 4.79 Å². The van der Waals surface area contributed by atoms with Crippen molar-refractivity contribution < 1.29 is 4.79 Å². The Bertz CT molecular complexity index is 480. The molecule has 0 aliphatic rings. The Labute approximate surface area is 116 Å². The first-order valence-corrected chi connectivity index (χ1v) is 6.21. The van der Waals surface area contributed by atoms with Gasteiger partial charge in [0.25, 0.3) is 0 Å². The zero-order chi connectivity index (χ0) is 13.7. The minimum Gasteiger partial charge on any atom is -0.376 e. The fourth-order valence-corrected chi connectivity index (χ4v) is 1.80. The van der Waals surface area contributed by atoms with Crippen molar-refractivity contribution in [3.05, 3.63) is 22.7 Å². The number of nitrogens with two attached hydrogens (primary N) is 1. The first-order chi connectivity index (χ1) is 8.45. The third-order valence-electron chi connectivity index (χ3n) is 2.37. The van der Waals surface area contributed by atoms with Crippen LogP contribution >= 0.6 is 15.9 Å². The number of rotatable bonds is 4. The monoisotopic (exact) mass is 309 g/mol. The molecule has 1 amide bonds. The van der Waals surface area contributed by atoms with E-state index in [0.29, 0.717) is 5.69 Å². The molecule has 0 radical (unpaired) electrons. The fraction of sp³-hybridized carbons (Fsp3) is 0.308. The summed E-state index contributed by atoms with van der Waals surface area (Å²) in [6.45, 7) is 0. The van der Waals surface area contributed by atoms with Gasteiger partial charge in [0.2, 0.25) is 5.91 Å².